The number of hydrogen-bond donors (Lipinski definition) is 6. The van der Waals surface area contributed by atoms with Gasteiger partial charge >= 0.3 is 5.97 Å². The molecule has 3 aliphatic rings. The summed E-state index contributed by atoms with van der Waals surface area (Å²) in [6.07, 6.45) is 0. The average molecular weight is 576 g/mol. The molecule has 6 rings (SSSR count). The van der Waals surface area contributed by atoms with Gasteiger partial charge < -0.3 is 36.8 Å². The fourth-order valence-corrected chi connectivity index (χ4v) is 7.27. The number of nitrogens with two attached hydrogens (primary N) is 1. The third kappa shape index (κ3) is 3.78. The maximum Gasteiger partial charge on any atom is 0.327 e. The van der Waals surface area contributed by atoms with Gasteiger partial charge in [-0.1, -0.05) is 42.5 Å². The van der Waals surface area contributed by atoms with Gasteiger partial charge in [0.2, 0.25) is 23.1 Å². The Morgan fingerprint density at radius 1 is 1.15 bits per heavy atom. The molecule has 0 aliphatic carbocycles. The molecule has 2 saturated heterocycles. The van der Waals surface area contributed by atoms with Gasteiger partial charge in [0.25, 0.3) is 5.91 Å². The predicted octanol–water partition coefficient (Wildman–Crippen LogP) is 0.314. The molecule has 0 radical (unpaired) electrons. The summed E-state index contributed by atoms with van der Waals surface area (Å²) < 4.78 is -0.792. The van der Waals surface area contributed by atoms with Crippen molar-refractivity contribution in [2.24, 2.45) is 5.73 Å². The minimum Gasteiger partial charge on any atom is -0.480 e. The summed E-state index contributed by atoms with van der Waals surface area (Å²) in [6.45, 7) is 3.44. The number of imidazole rings is 1. The number of amides is 3. The van der Waals surface area contributed by atoms with Crippen molar-refractivity contribution in [1.29, 1.82) is 5.41 Å². The van der Waals surface area contributed by atoms with Gasteiger partial charge in [0.1, 0.15) is 23.5 Å². The lowest BCUT2D eigenvalue weighted by Crippen LogP contribution is -2.71. The zero-order valence-electron chi connectivity index (χ0n) is 21.8. The van der Waals surface area contributed by atoms with Gasteiger partial charge in [-0.05, 0) is 25.5 Å². The number of nitrogens with zero attached hydrogens (tertiary/aromatic N) is 2. The molecule has 2 aromatic carbocycles. The average Bonchev–Trinajstić information content (AvgIpc) is 3.47. The monoisotopic (exact) mass is 575 g/mol. The van der Waals surface area contributed by atoms with Crippen LogP contribution in [0.15, 0.2) is 48.5 Å². The highest BCUT2D eigenvalue weighted by molar-refractivity contribution is 8.01. The first kappa shape index (κ1) is 26.7. The molecule has 13 nitrogen and oxygen atoms in total. The fraction of sp³-hybridized carbons (Fsp3) is 0.296. The van der Waals surface area contributed by atoms with E-state index in [1.54, 1.807) is 56.3 Å². The van der Waals surface area contributed by atoms with Crippen molar-refractivity contribution >= 4 is 58.0 Å². The molecule has 1 aromatic heterocycles. The number of hydrogen-bond acceptors (Lipinski definition) is 9. The van der Waals surface area contributed by atoms with Crippen LogP contribution in [0.1, 0.15) is 41.6 Å². The smallest absolute Gasteiger partial charge is 0.327 e. The second-order valence-corrected chi connectivity index (χ2v) is 12.5. The second kappa shape index (κ2) is 8.97. The zero-order valence-corrected chi connectivity index (χ0v) is 22.6. The van der Waals surface area contributed by atoms with E-state index in [0.717, 1.165) is 0 Å². The highest BCUT2D eigenvalue weighted by Crippen LogP contribution is 2.50. The number of aliphatic carboxylic acids is 1. The summed E-state index contributed by atoms with van der Waals surface area (Å²) in [4.78, 5) is 74.0. The summed E-state index contributed by atoms with van der Waals surface area (Å²) in [5.41, 5.74) is 4.78. The van der Waals surface area contributed by atoms with E-state index >= 15 is 0 Å². The molecular formula is C27H25N7O6S. The fourth-order valence-electron chi connectivity index (χ4n) is 5.64. The Bertz CT molecular complexity index is 1690. The number of carboxylic acids is 1. The zero-order chi connectivity index (χ0) is 29.4. The van der Waals surface area contributed by atoms with Crippen LogP contribution in [0.4, 0.5) is 0 Å². The first-order valence-corrected chi connectivity index (χ1v) is 13.5. The molecule has 41 heavy (non-hydrogen) atoms. The van der Waals surface area contributed by atoms with Crippen molar-refractivity contribution in [1.82, 2.24) is 25.5 Å². The largest absolute Gasteiger partial charge is 0.480 e. The van der Waals surface area contributed by atoms with Crippen molar-refractivity contribution in [2.75, 3.05) is 0 Å². The van der Waals surface area contributed by atoms with Gasteiger partial charge in [0.05, 0.1) is 16.7 Å². The maximum atomic E-state index is 13.8. The Balaban J connectivity index is 1.29. The number of benzene rings is 2. The van der Waals surface area contributed by atoms with Crippen molar-refractivity contribution in [3.8, 4) is 0 Å². The van der Waals surface area contributed by atoms with Crippen molar-refractivity contribution in [3.05, 3.63) is 65.5 Å². The maximum absolute atomic E-state index is 13.8. The Hall–Kier alpha value is -4.56. The second-order valence-electron chi connectivity index (χ2n) is 10.7. The van der Waals surface area contributed by atoms with E-state index in [0.29, 0.717) is 16.6 Å². The predicted molar refractivity (Wildman–Crippen MR) is 147 cm³/mol. The van der Waals surface area contributed by atoms with E-state index in [4.69, 9.17) is 11.1 Å². The van der Waals surface area contributed by atoms with E-state index in [-0.39, 0.29) is 11.4 Å². The molecule has 210 valence electrons. The molecule has 0 saturated carbocycles. The van der Waals surface area contributed by atoms with Crippen LogP contribution in [-0.4, -0.2) is 82.9 Å². The minimum absolute atomic E-state index is 0.193. The molecule has 7 N–H and O–H groups in total. The molecular weight excluding hydrogens is 550 g/mol. The number of carboxylic acid groups (broad SMARTS) is 1. The van der Waals surface area contributed by atoms with Gasteiger partial charge in [-0.15, -0.1) is 11.8 Å². The number of aromatic amines is 1. The number of rotatable bonds is 6. The molecule has 2 unspecified atom stereocenters. The summed E-state index contributed by atoms with van der Waals surface area (Å²) in [5.74, 6) is -4.69. The minimum atomic E-state index is -2.51. The molecule has 2 fully saturated rings. The van der Waals surface area contributed by atoms with Gasteiger partial charge in [0, 0.05) is 10.3 Å². The highest BCUT2D eigenvalue weighted by atomic mass is 32.2. The summed E-state index contributed by atoms with van der Waals surface area (Å²) >= 11 is 1.26. The van der Waals surface area contributed by atoms with Crippen molar-refractivity contribution < 1.29 is 29.1 Å². The Labute approximate surface area is 236 Å². The SMILES string of the molecule is CC1(C)S[C@@H]2[C@H](NC(=O)C(NC(=O)C3(N)C(=N)c4cccc5[nH]c(nc45)C3=O)c3ccccc3)C(=O)N2[C@H]1C(=O)O. The first-order valence-electron chi connectivity index (χ1n) is 12.7. The number of fused-ring (bicyclic) bond motifs is 2. The number of β-lactam (4-membered cyclic amide) rings is 1. The van der Waals surface area contributed by atoms with Crippen LogP contribution in [0.5, 0.6) is 0 Å². The Morgan fingerprint density at radius 3 is 2.54 bits per heavy atom. The molecule has 3 amide bonds. The number of H-pyrrole nitrogens is 1. The lowest BCUT2D eigenvalue weighted by molar-refractivity contribution is -0.161. The Morgan fingerprint density at radius 2 is 1.85 bits per heavy atom. The number of carbonyl (C=O) groups excluding carboxylic acids is 4. The Kier molecular flexibility index (Phi) is 5.83. The molecule has 3 aromatic rings. The summed E-state index contributed by atoms with van der Waals surface area (Å²) in [5, 5.41) is 23.0. The third-order valence-corrected chi connectivity index (χ3v) is 9.32. The highest BCUT2D eigenvalue weighted by Gasteiger charge is 2.64. The number of carbonyl (C=O) groups is 5. The quantitative estimate of drug-likeness (QED) is 0.176. The molecule has 0 spiro atoms. The van der Waals surface area contributed by atoms with Crippen LogP contribution < -0.4 is 16.4 Å². The third-order valence-electron chi connectivity index (χ3n) is 7.75. The van der Waals surface area contributed by atoms with Crippen LogP contribution in [0, 0.1) is 5.41 Å². The molecule has 2 bridgehead atoms. The van der Waals surface area contributed by atoms with Crippen molar-refractivity contribution in [2.45, 2.75) is 47.6 Å². The van der Waals surface area contributed by atoms with Crippen LogP contribution >= 0.6 is 11.8 Å². The summed E-state index contributed by atoms with van der Waals surface area (Å²) in [6, 6.07) is 9.53. The standard InChI is InChI=1S/C27H25N7O6S/c1-26(2)18(24(38)39)34-22(37)16(23(34)41-26)32-21(36)14(11-7-4-3-5-8-11)33-25(40)27(29)17(28)12-9-6-10-13-15(12)31-20(30-13)19(27)35/h3-10,14,16,18,23,28H,29H2,1-2H3,(H,30,31)(H,32,36)(H,33,40)(H,38,39)/t14?,16-,18+,23-,27?/m1/s1. The molecule has 3 aliphatic heterocycles. The summed E-state index contributed by atoms with van der Waals surface area (Å²) in [7, 11) is 0. The van der Waals surface area contributed by atoms with Gasteiger partial charge in [0.15, 0.2) is 5.82 Å². The van der Waals surface area contributed by atoms with Crippen LogP contribution in [0.2, 0.25) is 0 Å². The van der Waals surface area contributed by atoms with Gasteiger partial charge in [-0.2, -0.15) is 0 Å². The number of aromatic nitrogens is 2. The van der Waals surface area contributed by atoms with Crippen LogP contribution in [0.25, 0.3) is 11.0 Å². The molecule has 4 heterocycles. The van der Waals surface area contributed by atoms with Crippen molar-refractivity contribution in [3.63, 3.8) is 0 Å². The lowest BCUT2D eigenvalue weighted by Gasteiger charge is -2.44. The normalized spacial score (nSPS) is 26.8. The van der Waals surface area contributed by atoms with Gasteiger partial charge in [-0.3, -0.25) is 19.2 Å². The number of thioether (sulfide) groups is 1. The van der Waals surface area contributed by atoms with E-state index in [9.17, 15) is 29.1 Å². The lowest BCUT2D eigenvalue weighted by atomic mass is 9.83. The van der Waals surface area contributed by atoms with E-state index in [2.05, 4.69) is 20.6 Å². The first-order chi connectivity index (χ1) is 19.4. The molecule has 5 atom stereocenters. The van der Waals surface area contributed by atoms with E-state index < -0.39 is 69.0 Å². The number of ketones is 1. The van der Waals surface area contributed by atoms with Crippen LogP contribution in [0.3, 0.4) is 0 Å². The van der Waals surface area contributed by atoms with Gasteiger partial charge in [-0.25, -0.2) is 9.78 Å². The number of para-hydroxylation sites is 1. The number of nitrogens with one attached hydrogen (secondary N) is 4. The van der Waals surface area contributed by atoms with E-state index in [1.165, 1.54) is 22.7 Å². The van der Waals surface area contributed by atoms with Crippen LogP contribution in [-0.2, 0) is 19.2 Å². The number of Topliss-reactive ketones (excluding diaryl/α,β-unsaturated/α-hetero) is 1. The van der Waals surface area contributed by atoms with E-state index in [1.807, 2.05) is 0 Å². The molecule has 14 heteroatoms. The topological polar surface area (TPSA) is 211 Å².